The first kappa shape index (κ1) is 17.3. The summed E-state index contributed by atoms with van der Waals surface area (Å²) in [5.74, 6) is 0.583. The van der Waals surface area contributed by atoms with Gasteiger partial charge in [0.25, 0.3) is 0 Å². The van der Waals surface area contributed by atoms with Crippen molar-refractivity contribution in [1.82, 2.24) is 10.6 Å². The first-order chi connectivity index (χ1) is 10.9. The third-order valence-corrected chi connectivity index (χ3v) is 3.75. The lowest BCUT2D eigenvalue weighted by Crippen LogP contribution is -2.43. The Labute approximate surface area is 138 Å². The molecule has 0 aromatic heterocycles. The highest BCUT2D eigenvalue weighted by molar-refractivity contribution is 5.67. The molecule has 0 radical (unpaired) electrons. The summed E-state index contributed by atoms with van der Waals surface area (Å²) in [7, 11) is 0. The summed E-state index contributed by atoms with van der Waals surface area (Å²) in [6.07, 6.45) is 1.96. The van der Waals surface area contributed by atoms with Crippen molar-refractivity contribution in [3.05, 3.63) is 35.4 Å². The normalized spacial score (nSPS) is 15.6. The second-order valence-electron chi connectivity index (χ2n) is 6.98. The maximum atomic E-state index is 11.8. The summed E-state index contributed by atoms with van der Waals surface area (Å²) < 4.78 is 5.27. The summed E-state index contributed by atoms with van der Waals surface area (Å²) in [6.45, 7) is 6.71. The quantitative estimate of drug-likeness (QED) is 0.846. The predicted molar refractivity (Wildman–Crippen MR) is 88.7 cm³/mol. The van der Waals surface area contributed by atoms with Gasteiger partial charge in [0.1, 0.15) is 5.60 Å². The molecule has 0 spiro atoms. The predicted octanol–water partition coefficient (Wildman–Crippen LogP) is 2.95. The van der Waals surface area contributed by atoms with Gasteiger partial charge in [-0.3, -0.25) is 0 Å². The fourth-order valence-corrected chi connectivity index (χ4v) is 2.44. The zero-order valence-electron chi connectivity index (χ0n) is 14.1. The Balaban J connectivity index is 1.85. The third kappa shape index (κ3) is 5.91. The lowest BCUT2D eigenvalue weighted by molar-refractivity contribution is 0.0521. The number of ether oxygens (including phenoxy) is 1. The molecule has 1 aliphatic carbocycles. The van der Waals surface area contributed by atoms with Gasteiger partial charge in [-0.2, -0.15) is 5.26 Å². The van der Waals surface area contributed by atoms with Crippen molar-refractivity contribution in [2.24, 2.45) is 5.92 Å². The van der Waals surface area contributed by atoms with E-state index in [2.05, 4.69) is 16.7 Å². The van der Waals surface area contributed by atoms with Crippen molar-refractivity contribution in [2.45, 2.75) is 51.8 Å². The topological polar surface area (TPSA) is 74.2 Å². The molecule has 1 fully saturated rings. The largest absolute Gasteiger partial charge is 0.444 e. The molecule has 1 aliphatic rings. The molecule has 0 aliphatic heterocycles. The molecule has 1 amide bonds. The first-order valence-corrected chi connectivity index (χ1v) is 8.07. The summed E-state index contributed by atoms with van der Waals surface area (Å²) in [4.78, 5) is 11.8. The Morgan fingerprint density at radius 1 is 1.39 bits per heavy atom. The lowest BCUT2D eigenvalue weighted by Gasteiger charge is -2.23. The van der Waals surface area contributed by atoms with Crippen molar-refractivity contribution < 1.29 is 9.53 Å². The lowest BCUT2D eigenvalue weighted by atomic mass is 10.1. The van der Waals surface area contributed by atoms with E-state index in [1.807, 2.05) is 45.0 Å². The number of nitrogens with one attached hydrogen (secondary N) is 2. The Hall–Kier alpha value is -2.06. The van der Waals surface area contributed by atoms with Crippen molar-refractivity contribution in [2.75, 3.05) is 6.54 Å². The minimum atomic E-state index is -0.488. The van der Waals surface area contributed by atoms with Gasteiger partial charge in [0.05, 0.1) is 11.6 Å². The highest BCUT2D eigenvalue weighted by Gasteiger charge is 2.31. The van der Waals surface area contributed by atoms with Crippen LogP contribution in [0.3, 0.4) is 0 Å². The molecule has 23 heavy (non-hydrogen) atoms. The number of nitrogens with zero attached hydrogens (tertiary/aromatic N) is 1. The monoisotopic (exact) mass is 315 g/mol. The number of hydrogen-bond acceptors (Lipinski definition) is 4. The number of nitriles is 1. The zero-order valence-corrected chi connectivity index (χ0v) is 14.1. The number of carbonyl (C=O) groups is 1. The zero-order chi connectivity index (χ0) is 16.9. The standard InChI is InChI=1S/C18H25N3O2/c1-18(2,3)23-17(22)21-12-16(13-8-9-13)20-11-15-7-5-4-6-14(15)10-19/h4-7,13,16,20H,8-9,11-12H2,1-3H3,(H,21,22). The van der Waals surface area contributed by atoms with E-state index < -0.39 is 5.60 Å². The molecular weight excluding hydrogens is 290 g/mol. The average Bonchev–Trinajstić information content (AvgIpc) is 3.30. The molecule has 0 saturated heterocycles. The maximum absolute atomic E-state index is 11.8. The molecule has 5 nitrogen and oxygen atoms in total. The molecule has 124 valence electrons. The number of carbonyl (C=O) groups excluding carboxylic acids is 1. The van der Waals surface area contributed by atoms with Crippen LogP contribution in [0.2, 0.25) is 0 Å². The highest BCUT2D eigenvalue weighted by atomic mass is 16.6. The number of alkyl carbamates (subject to hydrolysis) is 1. The number of rotatable bonds is 6. The number of amides is 1. The Morgan fingerprint density at radius 3 is 2.70 bits per heavy atom. The molecule has 1 saturated carbocycles. The molecule has 0 heterocycles. The minimum Gasteiger partial charge on any atom is -0.444 e. The van der Waals surface area contributed by atoms with Gasteiger partial charge >= 0.3 is 6.09 Å². The molecule has 1 aromatic rings. The van der Waals surface area contributed by atoms with Crippen molar-refractivity contribution in [3.63, 3.8) is 0 Å². The molecule has 2 N–H and O–H groups in total. The summed E-state index contributed by atoms with van der Waals surface area (Å²) in [6, 6.07) is 9.99. The molecule has 1 aromatic carbocycles. The van der Waals surface area contributed by atoms with E-state index in [-0.39, 0.29) is 12.1 Å². The molecule has 5 heteroatoms. The van der Waals surface area contributed by atoms with Crippen LogP contribution in [-0.4, -0.2) is 24.3 Å². The van der Waals surface area contributed by atoms with Crippen LogP contribution in [0.15, 0.2) is 24.3 Å². The smallest absolute Gasteiger partial charge is 0.407 e. The van der Waals surface area contributed by atoms with Gasteiger partial charge in [-0.25, -0.2) is 4.79 Å². The van der Waals surface area contributed by atoms with E-state index >= 15 is 0 Å². The fourth-order valence-electron chi connectivity index (χ4n) is 2.44. The van der Waals surface area contributed by atoms with E-state index in [1.165, 1.54) is 12.8 Å². The van der Waals surface area contributed by atoms with Crippen molar-refractivity contribution in [3.8, 4) is 6.07 Å². The van der Waals surface area contributed by atoms with E-state index in [0.717, 1.165) is 5.56 Å². The average molecular weight is 315 g/mol. The summed E-state index contributed by atoms with van der Waals surface area (Å²) >= 11 is 0. The van der Waals surface area contributed by atoms with E-state index in [4.69, 9.17) is 10.00 Å². The highest BCUT2D eigenvalue weighted by Crippen LogP contribution is 2.32. The van der Waals surface area contributed by atoms with Gasteiger partial charge < -0.3 is 15.4 Å². The van der Waals surface area contributed by atoms with Crippen LogP contribution in [0.25, 0.3) is 0 Å². The van der Waals surface area contributed by atoms with Crippen molar-refractivity contribution >= 4 is 6.09 Å². The van der Waals surface area contributed by atoms with Crippen molar-refractivity contribution in [1.29, 1.82) is 5.26 Å². The molecule has 0 bridgehead atoms. The van der Waals surface area contributed by atoms with Gasteiger partial charge in [-0.15, -0.1) is 0 Å². The maximum Gasteiger partial charge on any atom is 0.407 e. The number of benzene rings is 1. The van der Waals surface area contributed by atoms with Crippen LogP contribution in [0.5, 0.6) is 0 Å². The molecular formula is C18H25N3O2. The van der Waals surface area contributed by atoms with E-state index in [1.54, 1.807) is 0 Å². The Bertz CT molecular complexity index is 583. The van der Waals surface area contributed by atoms with Gasteiger partial charge in [-0.1, -0.05) is 18.2 Å². The van der Waals surface area contributed by atoms with Crippen LogP contribution < -0.4 is 10.6 Å². The number of hydrogen-bond donors (Lipinski definition) is 2. The fraction of sp³-hybridized carbons (Fsp3) is 0.556. The molecule has 2 rings (SSSR count). The SMILES string of the molecule is CC(C)(C)OC(=O)NCC(NCc1ccccc1C#N)C1CC1. The third-order valence-electron chi connectivity index (χ3n) is 3.75. The first-order valence-electron chi connectivity index (χ1n) is 8.07. The van der Waals surface area contributed by atoms with Crippen LogP contribution in [0, 0.1) is 17.2 Å². The van der Waals surface area contributed by atoms with Crippen LogP contribution in [0.1, 0.15) is 44.7 Å². The van der Waals surface area contributed by atoms with Gasteiger partial charge in [-0.05, 0) is 51.2 Å². The van der Waals surface area contributed by atoms with Crippen LogP contribution in [-0.2, 0) is 11.3 Å². The molecule has 1 unspecified atom stereocenters. The van der Waals surface area contributed by atoms with Crippen LogP contribution >= 0.6 is 0 Å². The van der Waals surface area contributed by atoms with E-state index in [9.17, 15) is 4.79 Å². The summed E-state index contributed by atoms with van der Waals surface area (Å²) in [5.41, 5.74) is 1.19. The summed E-state index contributed by atoms with van der Waals surface area (Å²) in [5, 5.41) is 15.4. The van der Waals surface area contributed by atoms with E-state index in [0.29, 0.717) is 24.6 Å². The second kappa shape index (κ2) is 7.47. The Morgan fingerprint density at radius 2 is 2.09 bits per heavy atom. The van der Waals surface area contributed by atoms with Gasteiger partial charge in [0.15, 0.2) is 0 Å². The Kier molecular flexibility index (Phi) is 5.62. The van der Waals surface area contributed by atoms with Gasteiger partial charge in [0.2, 0.25) is 0 Å². The second-order valence-corrected chi connectivity index (χ2v) is 6.98. The van der Waals surface area contributed by atoms with Gasteiger partial charge in [0, 0.05) is 19.1 Å². The van der Waals surface area contributed by atoms with Crippen LogP contribution in [0.4, 0.5) is 4.79 Å². The molecule has 1 atom stereocenters. The minimum absolute atomic E-state index is 0.203.